The van der Waals surface area contributed by atoms with Crippen molar-refractivity contribution in [1.82, 2.24) is 4.98 Å². The van der Waals surface area contributed by atoms with Gasteiger partial charge in [-0.3, -0.25) is 0 Å². The standard InChI is InChI=1S/C15H18BrNOS/c1-3-7-14(18-4-2)15-17-13(10-19-15)11-8-5-6-9-12(11)16/h5-6,8-10,14H,3-4,7H2,1-2H3. The monoisotopic (exact) mass is 339 g/mol. The molecule has 0 spiro atoms. The molecule has 2 rings (SSSR count). The summed E-state index contributed by atoms with van der Waals surface area (Å²) in [6.07, 6.45) is 2.27. The number of nitrogens with zero attached hydrogens (tertiary/aromatic N) is 1. The fourth-order valence-corrected chi connectivity index (χ4v) is 3.36. The van der Waals surface area contributed by atoms with Gasteiger partial charge < -0.3 is 4.74 Å². The van der Waals surface area contributed by atoms with Gasteiger partial charge in [-0.1, -0.05) is 47.5 Å². The molecule has 0 fully saturated rings. The number of aromatic nitrogens is 1. The third-order valence-electron chi connectivity index (χ3n) is 2.87. The fourth-order valence-electron chi connectivity index (χ4n) is 1.97. The minimum atomic E-state index is 0.135. The maximum atomic E-state index is 5.78. The lowest BCUT2D eigenvalue weighted by Crippen LogP contribution is -2.03. The van der Waals surface area contributed by atoms with E-state index in [4.69, 9.17) is 9.72 Å². The van der Waals surface area contributed by atoms with Crippen molar-refractivity contribution in [2.45, 2.75) is 32.8 Å². The molecule has 0 bridgehead atoms. The van der Waals surface area contributed by atoms with E-state index in [1.807, 2.05) is 25.1 Å². The van der Waals surface area contributed by atoms with Crippen molar-refractivity contribution in [1.29, 1.82) is 0 Å². The quantitative estimate of drug-likeness (QED) is 0.697. The molecule has 1 aromatic carbocycles. The lowest BCUT2D eigenvalue weighted by Gasteiger charge is -2.12. The zero-order chi connectivity index (χ0) is 13.7. The van der Waals surface area contributed by atoms with Crippen molar-refractivity contribution in [3.8, 4) is 11.3 Å². The largest absolute Gasteiger partial charge is 0.371 e. The van der Waals surface area contributed by atoms with E-state index in [9.17, 15) is 0 Å². The first-order valence-electron chi connectivity index (χ1n) is 6.58. The van der Waals surface area contributed by atoms with Crippen LogP contribution in [0.25, 0.3) is 11.3 Å². The zero-order valence-corrected chi connectivity index (χ0v) is 13.6. The fraction of sp³-hybridized carbons (Fsp3) is 0.400. The minimum absolute atomic E-state index is 0.135. The van der Waals surface area contributed by atoms with E-state index < -0.39 is 0 Å². The van der Waals surface area contributed by atoms with E-state index in [0.29, 0.717) is 0 Å². The number of rotatable bonds is 6. The molecule has 1 atom stereocenters. The normalized spacial score (nSPS) is 12.6. The number of thiazole rings is 1. The minimum Gasteiger partial charge on any atom is -0.371 e. The van der Waals surface area contributed by atoms with E-state index in [1.54, 1.807) is 11.3 Å². The molecule has 0 aliphatic heterocycles. The summed E-state index contributed by atoms with van der Waals surface area (Å²) in [7, 11) is 0. The van der Waals surface area contributed by atoms with Gasteiger partial charge in [0.25, 0.3) is 0 Å². The molecular formula is C15H18BrNOS. The molecular weight excluding hydrogens is 322 g/mol. The van der Waals surface area contributed by atoms with Crippen LogP contribution in [-0.2, 0) is 4.74 Å². The van der Waals surface area contributed by atoms with Gasteiger partial charge >= 0.3 is 0 Å². The molecule has 0 aliphatic carbocycles. The highest BCUT2D eigenvalue weighted by Gasteiger charge is 2.16. The highest BCUT2D eigenvalue weighted by molar-refractivity contribution is 9.10. The van der Waals surface area contributed by atoms with E-state index in [2.05, 4.69) is 34.3 Å². The molecule has 4 heteroatoms. The summed E-state index contributed by atoms with van der Waals surface area (Å²) >= 11 is 5.26. The molecule has 0 amide bonds. The van der Waals surface area contributed by atoms with Gasteiger partial charge in [-0.15, -0.1) is 11.3 Å². The Morgan fingerprint density at radius 3 is 2.79 bits per heavy atom. The van der Waals surface area contributed by atoms with Crippen LogP contribution in [0, 0.1) is 0 Å². The second-order valence-corrected chi connectivity index (χ2v) is 6.03. The van der Waals surface area contributed by atoms with Gasteiger partial charge in [-0.25, -0.2) is 4.98 Å². The van der Waals surface area contributed by atoms with Crippen LogP contribution in [0.3, 0.4) is 0 Å². The summed E-state index contributed by atoms with van der Waals surface area (Å²) in [6.45, 7) is 4.94. The summed E-state index contributed by atoms with van der Waals surface area (Å²) in [4.78, 5) is 4.74. The van der Waals surface area contributed by atoms with Gasteiger partial charge in [0.2, 0.25) is 0 Å². The van der Waals surface area contributed by atoms with Crippen molar-refractivity contribution in [2.24, 2.45) is 0 Å². The third-order valence-corrected chi connectivity index (χ3v) is 4.49. The Morgan fingerprint density at radius 2 is 2.11 bits per heavy atom. The Kier molecular flexibility index (Phi) is 5.55. The Balaban J connectivity index is 2.25. The maximum absolute atomic E-state index is 5.78. The SMILES string of the molecule is CCCC(OCC)c1nc(-c2ccccc2Br)cs1. The van der Waals surface area contributed by atoms with Gasteiger partial charge in [0.15, 0.2) is 0 Å². The summed E-state index contributed by atoms with van der Waals surface area (Å²) in [5.41, 5.74) is 2.16. The van der Waals surface area contributed by atoms with E-state index in [1.165, 1.54) is 0 Å². The van der Waals surface area contributed by atoms with Crippen LogP contribution >= 0.6 is 27.3 Å². The van der Waals surface area contributed by atoms with Crippen molar-refractivity contribution in [3.63, 3.8) is 0 Å². The molecule has 102 valence electrons. The lowest BCUT2D eigenvalue weighted by molar-refractivity contribution is 0.0555. The van der Waals surface area contributed by atoms with Crippen LogP contribution in [-0.4, -0.2) is 11.6 Å². The van der Waals surface area contributed by atoms with Crippen molar-refractivity contribution in [3.05, 3.63) is 39.1 Å². The smallest absolute Gasteiger partial charge is 0.122 e. The average Bonchev–Trinajstić information content (AvgIpc) is 2.88. The summed E-state index contributed by atoms with van der Waals surface area (Å²) in [5.74, 6) is 0. The van der Waals surface area contributed by atoms with Gasteiger partial charge in [0, 0.05) is 22.0 Å². The highest BCUT2D eigenvalue weighted by Crippen LogP contribution is 2.32. The van der Waals surface area contributed by atoms with Crippen LogP contribution in [0.2, 0.25) is 0 Å². The summed E-state index contributed by atoms with van der Waals surface area (Å²) in [5, 5.41) is 3.19. The number of ether oxygens (including phenoxy) is 1. The number of hydrogen-bond acceptors (Lipinski definition) is 3. The Labute approximate surface area is 127 Å². The number of halogens is 1. The average molecular weight is 340 g/mol. The molecule has 1 heterocycles. The molecule has 0 radical (unpaired) electrons. The molecule has 1 unspecified atom stereocenters. The number of hydrogen-bond donors (Lipinski definition) is 0. The zero-order valence-electron chi connectivity index (χ0n) is 11.2. The van der Waals surface area contributed by atoms with Crippen LogP contribution < -0.4 is 0 Å². The second kappa shape index (κ2) is 7.17. The molecule has 2 aromatic rings. The molecule has 2 nitrogen and oxygen atoms in total. The van der Waals surface area contributed by atoms with Crippen LogP contribution in [0.15, 0.2) is 34.1 Å². The van der Waals surface area contributed by atoms with Crippen molar-refractivity contribution < 1.29 is 4.74 Å². The van der Waals surface area contributed by atoms with E-state index in [-0.39, 0.29) is 6.10 Å². The van der Waals surface area contributed by atoms with Crippen LogP contribution in [0.4, 0.5) is 0 Å². The van der Waals surface area contributed by atoms with Gasteiger partial charge in [0.05, 0.1) is 5.69 Å². The molecule has 0 N–H and O–H groups in total. The van der Waals surface area contributed by atoms with Crippen molar-refractivity contribution >= 4 is 27.3 Å². The van der Waals surface area contributed by atoms with Gasteiger partial charge in [0.1, 0.15) is 11.1 Å². The first kappa shape index (κ1) is 14.7. The molecule has 0 saturated carbocycles. The molecule has 0 aliphatic rings. The van der Waals surface area contributed by atoms with Crippen LogP contribution in [0.1, 0.15) is 37.8 Å². The predicted octanol–water partition coefficient (Wildman–Crippen LogP) is 5.45. The maximum Gasteiger partial charge on any atom is 0.122 e. The molecule has 19 heavy (non-hydrogen) atoms. The molecule has 1 aromatic heterocycles. The first-order valence-corrected chi connectivity index (χ1v) is 8.25. The van der Waals surface area contributed by atoms with Crippen molar-refractivity contribution in [2.75, 3.05) is 6.61 Å². The summed E-state index contributed by atoms with van der Waals surface area (Å²) in [6, 6.07) is 8.17. The van der Waals surface area contributed by atoms with E-state index in [0.717, 1.165) is 40.2 Å². The number of benzene rings is 1. The topological polar surface area (TPSA) is 22.1 Å². The Morgan fingerprint density at radius 1 is 1.32 bits per heavy atom. The van der Waals surface area contributed by atoms with Crippen LogP contribution in [0.5, 0.6) is 0 Å². The molecule has 0 saturated heterocycles. The first-order chi connectivity index (χ1) is 9.26. The Hall–Kier alpha value is -0.710. The summed E-state index contributed by atoms with van der Waals surface area (Å²) < 4.78 is 6.86. The highest BCUT2D eigenvalue weighted by atomic mass is 79.9. The lowest BCUT2D eigenvalue weighted by atomic mass is 10.2. The Bertz CT molecular complexity index is 520. The second-order valence-electron chi connectivity index (χ2n) is 4.28. The predicted molar refractivity (Wildman–Crippen MR) is 84.5 cm³/mol. The van der Waals surface area contributed by atoms with E-state index >= 15 is 0 Å². The van der Waals surface area contributed by atoms with Gasteiger partial charge in [-0.2, -0.15) is 0 Å². The third kappa shape index (κ3) is 3.65. The van der Waals surface area contributed by atoms with Gasteiger partial charge in [-0.05, 0) is 19.4 Å².